The summed E-state index contributed by atoms with van der Waals surface area (Å²) in [5, 5.41) is 2.99. The van der Waals surface area contributed by atoms with Crippen LogP contribution in [0.25, 0.3) is 0 Å². The van der Waals surface area contributed by atoms with E-state index >= 15 is 0 Å². The molecular formula is C17H17N7O2. The number of hydrogen-bond donors (Lipinski definition) is 4. The lowest BCUT2D eigenvalue weighted by molar-refractivity contribution is 0.0959. The fourth-order valence-electron chi connectivity index (χ4n) is 2.17. The van der Waals surface area contributed by atoms with Gasteiger partial charge in [0, 0.05) is 6.20 Å². The number of benzene rings is 1. The first-order valence-electron chi connectivity index (χ1n) is 7.67. The number of anilines is 4. The number of hydrogen-bond acceptors (Lipinski definition) is 8. The highest BCUT2D eigenvalue weighted by Crippen LogP contribution is 2.24. The molecule has 2 aromatic heterocycles. The summed E-state index contributed by atoms with van der Waals surface area (Å²) in [4.78, 5) is 24.6. The molecule has 0 radical (unpaired) electrons. The van der Waals surface area contributed by atoms with Crippen molar-refractivity contribution in [1.82, 2.24) is 20.4 Å². The van der Waals surface area contributed by atoms with Gasteiger partial charge >= 0.3 is 0 Å². The van der Waals surface area contributed by atoms with Crippen LogP contribution in [0.2, 0.25) is 0 Å². The van der Waals surface area contributed by atoms with Gasteiger partial charge in [0.15, 0.2) is 11.6 Å². The zero-order valence-electron chi connectivity index (χ0n) is 13.9. The maximum atomic E-state index is 12.3. The maximum absolute atomic E-state index is 12.3. The lowest BCUT2D eigenvalue weighted by Crippen LogP contribution is -2.30. The van der Waals surface area contributed by atoms with Crippen molar-refractivity contribution in [2.75, 3.05) is 23.6 Å². The topological polar surface area (TPSA) is 127 Å². The molecule has 0 bridgehead atoms. The van der Waals surface area contributed by atoms with Gasteiger partial charge in [-0.2, -0.15) is 0 Å². The first-order valence-corrected chi connectivity index (χ1v) is 7.67. The van der Waals surface area contributed by atoms with E-state index in [4.69, 9.17) is 10.5 Å². The van der Waals surface area contributed by atoms with E-state index in [0.29, 0.717) is 22.9 Å². The van der Waals surface area contributed by atoms with Crippen LogP contribution in [0, 0.1) is 0 Å². The van der Waals surface area contributed by atoms with Gasteiger partial charge in [0.25, 0.3) is 5.91 Å². The van der Waals surface area contributed by atoms with Gasteiger partial charge in [-0.05, 0) is 24.3 Å². The lowest BCUT2D eigenvalue weighted by atomic mass is 10.2. The molecule has 2 heterocycles. The molecule has 1 aromatic carbocycles. The van der Waals surface area contributed by atoms with Crippen LogP contribution in [0.3, 0.4) is 0 Å². The van der Waals surface area contributed by atoms with Crippen molar-refractivity contribution in [1.29, 1.82) is 0 Å². The number of aromatic nitrogens is 3. The monoisotopic (exact) mass is 351 g/mol. The molecule has 0 saturated carbocycles. The second-order valence-corrected chi connectivity index (χ2v) is 5.10. The molecule has 3 rings (SSSR count). The molecule has 0 aliphatic heterocycles. The highest BCUT2D eigenvalue weighted by atomic mass is 16.5. The molecule has 0 atom stereocenters. The molecule has 1 amide bonds. The Morgan fingerprint density at radius 3 is 2.58 bits per heavy atom. The van der Waals surface area contributed by atoms with Crippen LogP contribution in [0.5, 0.6) is 5.75 Å². The van der Waals surface area contributed by atoms with Crippen molar-refractivity contribution < 1.29 is 9.53 Å². The van der Waals surface area contributed by atoms with E-state index in [1.165, 1.54) is 13.4 Å². The Balaban J connectivity index is 1.72. The Bertz CT molecular complexity index is 903. The van der Waals surface area contributed by atoms with Crippen molar-refractivity contribution in [3.63, 3.8) is 0 Å². The first kappa shape index (κ1) is 17.0. The molecule has 0 fully saturated rings. The van der Waals surface area contributed by atoms with Gasteiger partial charge in [0.05, 0.1) is 12.7 Å². The number of carbonyl (C=O) groups excluding carboxylic acids is 1. The van der Waals surface area contributed by atoms with Crippen molar-refractivity contribution in [2.45, 2.75) is 0 Å². The summed E-state index contributed by atoms with van der Waals surface area (Å²) in [5.41, 5.74) is 11.9. The van der Waals surface area contributed by atoms with Gasteiger partial charge in [0.2, 0.25) is 0 Å². The summed E-state index contributed by atoms with van der Waals surface area (Å²) >= 11 is 0. The van der Waals surface area contributed by atoms with Gasteiger partial charge in [0.1, 0.15) is 23.6 Å². The predicted molar refractivity (Wildman–Crippen MR) is 98.0 cm³/mol. The molecule has 26 heavy (non-hydrogen) atoms. The van der Waals surface area contributed by atoms with E-state index in [1.54, 1.807) is 42.6 Å². The quantitative estimate of drug-likeness (QED) is 0.496. The van der Waals surface area contributed by atoms with Crippen LogP contribution in [0.4, 0.5) is 23.1 Å². The lowest BCUT2D eigenvalue weighted by Gasteiger charge is -2.13. The van der Waals surface area contributed by atoms with Crippen LogP contribution in [-0.4, -0.2) is 28.0 Å². The Labute approximate surface area is 149 Å². The van der Waals surface area contributed by atoms with E-state index in [2.05, 4.69) is 31.1 Å². The van der Waals surface area contributed by atoms with E-state index in [9.17, 15) is 4.79 Å². The average molecular weight is 351 g/mol. The second-order valence-electron chi connectivity index (χ2n) is 5.10. The molecule has 3 aromatic rings. The van der Waals surface area contributed by atoms with Crippen LogP contribution in [0.1, 0.15) is 10.4 Å². The normalized spacial score (nSPS) is 10.0. The molecule has 132 valence electrons. The number of para-hydroxylation sites is 1. The molecule has 0 spiro atoms. The van der Waals surface area contributed by atoms with E-state index in [-0.39, 0.29) is 17.4 Å². The van der Waals surface area contributed by atoms with Gasteiger partial charge < -0.3 is 15.8 Å². The molecule has 0 aliphatic carbocycles. The fourth-order valence-corrected chi connectivity index (χ4v) is 2.17. The van der Waals surface area contributed by atoms with Gasteiger partial charge in [-0.3, -0.25) is 15.6 Å². The molecular weight excluding hydrogens is 334 g/mol. The van der Waals surface area contributed by atoms with Gasteiger partial charge in [-0.25, -0.2) is 15.0 Å². The van der Waals surface area contributed by atoms with E-state index in [1.807, 2.05) is 6.07 Å². The minimum atomic E-state index is -0.389. The summed E-state index contributed by atoms with van der Waals surface area (Å²) in [6, 6.07) is 12.3. The molecule has 5 N–H and O–H groups in total. The van der Waals surface area contributed by atoms with Crippen LogP contribution in [0.15, 0.2) is 55.0 Å². The molecule has 0 unspecified atom stereocenters. The standard InChI is InChI=1S/C17H17N7O2/c1-26-12-7-3-2-6-11(12)17(25)24-23-16-14(18)15(20-10-21-16)22-13-8-4-5-9-19-13/h2-10H,18H2,1H3,(H,24,25)(H2,19,20,21,22,23). The third-order valence-corrected chi connectivity index (χ3v) is 3.44. The van der Waals surface area contributed by atoms with Crippen molar-refractivity contribution in [2.24, 2.45) is 0 Å². The largest absolute Gasteiger partial charge is 0.496 e. The van der Waals surface area contributed by atoms with Crippen molar-refractivity contribution in [3.8, 4) is 5.75 Å². The minimum absolute atomic E-state index is 0.235. The average Bonchev–Trinajstić information content (AvgIpc) is 2.69. The molecule has 0 saturated heterocycles. The number of nitrogen functional groups attached to an aromatic ring is 1. The zero-order chi connectivity index (χ0) is 18.4. The number of amides is 1. The van der Waals surface area contributed by atoms with Crippen molar-refractivity contribution in [3.05, 3.63) is 60.6 Å². The van der Waals surface area contributed by atoms with Crippen LogP contribution >= 0.6 is 0 Å². The highest BCUT2D eigenvalue weighted by Gasteiger charge is 2.13. The number of pyridine rings is 1. The number of methoxy groups -OCH3 is 1. The van der Waals surface area contributed by atoms with Gasteiger partial charge in [-0.15, -0.1) is 0 Å². The predicted octanol–water partition coefficient (Wildman–Crippen LogP) is 1.96. The molecule has 9 nitrogen and oxygen atoms in total. The Morgan fingerprint density at radius 1 is 1.04 bits per heavy atom. The van der Waals surface area contributed by atoms with Crippen LogP contribution < -0.4 is 26.6 Å². The summed E-state index contributed by atoms with van der Waals surface area (Å²) in [5.74, 6) is 1.27. The summed E-state index contributed by atoms with van der Waals surface area (Å²) in [6.45, 7) is 0. The van der Waals surface area contributed by atoms with Crippen LogP contribution in [-0.2, 0) is 0 Å². The Hall–Kier alpha value is -3.88. The second kappa shape index (κ2) is 7.79. The Morgan fingerprint density at radius 2 is 1.81 bits per heavy atom. The summed E-state index contributed by atoms with van der Waals surface area (Å²) in [7, 11) is 1.50. The SMILES string of the molecule is COc1ccccc1C(=O)NNc1ncnc(Nc2ccccn2)c1N. The summed E-state index contributed by atoms with van der Waals surface area (Å²) < 4.78 is 5.17. The maximum Gasteiger partial charge on any atom is 0.273 e. The summed E-state index contributed by atoms with van der Waals surface area (Å²) in [6.07, 6.45) is 2.96. The number of hydrazine groups is 1. The zero-order valence-corrected chi connectivity index (χ0v) is 13.9. The third-order valence-electron chi connectivity index (χ3n) is 3.44. The number of nitrogens with two attached hydrogens (primary N) is 1. The fraction of sp³-hybridized carbons (Fsp3) is 0.0588. The highest BCUT2D eigenvalue weighted by molar-refractivity contribution is 5.97. The van der Waals surface area contributed by atoms with E-state index in [0.717, 1.165) is 0 Å². The van der Waals surface area contributed by atoms with E-state index < -0.39 is 0 Å². The number of nitrogens with zero attached hydrogens (tertiary/aromatic N) is 3. The van der Waals surface area contributed by atoms with Crippen molar-refractivity contribution >= 4 is 29.0 Å². The number of rotatable bonds is 6. The minimum Gasteiger partial charge on any atom is -0.496 e. The van der Waals surface area contributed by atoms with Gasteiger partial charge in [-0.1, -0.05) is 18.2 Å². The third kappa shape index (κ3) is 3.78. The first-order chi connectivity index (χ1) is 12.7. The smallest absolute Gasteiger partial charge is 0.273 e. The number of ether oxygens (including phenoxy) is 1. The number of nitrogens with one attached hydrogen (secondary N) is 3. The number of carbonyl (C=O) groups is 1. The Kier molecular flexibility index (Phi) is 5.08. The molecule has 0 aliphatic rings. The molecule has 9 heteroatoms.